The highest BCUT2D eigenvalue weighted by Gasteiger charge is 2.63. The molecule has 0 bridgehead atoms. The van der Waals surface area contributed by atoms with Crippen molar-refractivity contribution in [2.75, 3.05) is 25.1 Å². The number of rotatable bonds is 9. The number of amides is 3. The fourth-order valence-corrected chi connectivity index (χ4v) is 7.00. The first-order valence-corrected chi connectivity index (χ1v) is 14.6. The summed E-state index contributed by atoms with van der Waals surface area (Å²) in [6.45, 7) is 4.47. The molecule has 1 unspecified atom stereocenters. The molecule has 0 aliphatic carbocycles. The second-order valence-corrected chi connectivity index (χ2v) is 11.8. The fraction of sp³-hybridized carbons (Fsp3) is 0.300. The average molecular weight is 562 g/mol. The number of hydrogen-bond donors (Lipinski definition) is 0. The minimum Gasteiger partial charge on any atom is -0.497 e. The van der Waals surface area contributed by atoms with Crippen molar-refractivity contribution in [2.24, 2.45) is 0 Å². The molecule has 2 aliphatic rings. The van der Waals surface area contributed by atoms with E-state index in [4.69, 9.17) is 4.74 Å². The number of imide groups is 1. The van der Waals surface area contributed by atoms with Crippen molar-refractivity contribution in [1.29, 1.82) is 0 Å². The standard InChI is InChI=1S/C30H31N3O6S/c1-4-31(5-2)40(37,38)24-14-11-22(12-15-24)19-32-26-16-13-23(39-3)17-25(26)30(28(32)35)18-27(34)33(29(30)36)20-21-9-7-6-8-10-21/h6-17H,4-5,18-20H2,1-3H3. The van der Waals surface area contributed by atoms with Crippen LogP contribution in [0.25, 0.3) is 0 Å². The van der Waals surface area contributed by atoms with Crippen molar-refractivity contribution in [2.45, 2.75) is 43.7 Å². The molecule has 1 atom stereocenters. The Balaban J connectivity index is 1.49. The SMILES string of the molecule is CCN(CC)S(=O)(=O)c1ccc(CN2C(=O)C3(CC(=O)N(Cc4ccccc4)C3=O)c3cc(OC)ccc32)cc1. The second-order valence-electron chi connectivity index (χ2n) is 9.86. The lowest BCUT2D eigenvalue weighted by atomic mass is 9.80. The van der Waals surface area contributed by atoms with Crippen LogP contribution >= 0.6 is 0 Å². The van der Waals surface area contributed by atoms with Gasteiger partial charge in [-0.15, -0.1) is 0 Å². The summed E-state index contributed by atoms with van der Waals surface area (Å²) in [6, 6.07) is 20.6. The molecule has 0 aromatic heterocycles. The molecule has 1 fully saturated rings. The van der Waals surface area contributed by atoms with Gasteiger partial charge in [0.05, 0.1) is 31.5 Å². The number of ether oxygens (including phenoxy) is 1. The van der Waals surface area contributed by atoms with E-state index in [1.807, 2.05) is 30.3 Å². The van der Waals surface area contributed by atoms with E-state index in [1.165, 1.54) is 28.4 Å². The Morgan fingerprint density at radius 1 is 0.825 bits per heavy atom. The normalized spacial score (nSPS) is 18.8. The Hall–Kier alpha value is -4.02. The molecule has 9 nitrogen and oxygen atoms in total. The van der Waals surface area contributed by atoms with Gasteiger partial charge in [-0.05, 0) is 41.5 Å². The first kappa shape index (κ1) is 27.5. The fourth-order valence-electron chi connectivity index (χ4n) is 5.54. The molecule has 0 saturated carbocycles. The van der Waals surface area contributed by atoms with Crippen LogP contribution in [0.2, 0.25) is 0 Å². The van der Waals surface area contributed by atoms with Gasteiger partial charge < -0.3 is 9.64 Å². The lowest BCUT2D eigenvalue weighted by molar-refractivity contribution is -0.142. The number of nitrogens with zero attached hydrogens (tertiary/aromatic N) is 3. The van der Waals surface area contributed by atoms with Gasteiger partial charge in [0.15, 0.2) is 5.41 Å². The first-order valence-electron chi connectivity index (χ1n) is 13.2. The molecule has 208 valence electrons. The summed E-state index contributed by atoms with van der Waals surface area (Å²) in [6.07, 6.45) is -0.269. The molecule has 2 aliphatic heterocycles. The summed E-state index contributed by atoms with van der Waals surface area (Å²) < 4.78 is 32.6. The topological polar surface area (TPSA) is 104 Å². The van der Waals surface area contributed by atoms with Gasteiger partial charge in [-0.25, -0.2) is 8.42 Å². The molecule has 10 heteroatoms. The van der Waals surface area contributed by atoms with Crippen LogP contribution in [0, 0.1) is 0 Å². The smallest absolute Gasteiger partial charge is 0.250 e. The van der Waals surface area contributed by atoms with E-state index in [1.54, 1.807) is 44.2 Å². The predicted octanol–water partition coefficient (Wildman–Crippen LogP) is 3.47. The lowest BCUT2D eigenvalue weighted by Gasteiger charge is -2.23. The molecular formula is C30H31N3O6S. The van der Waals surface area contributed by atoms with Crippen LogP contribution in [0.4, 0.5) is 5.69 Å². The van der Waals surface area contributed by atoms with Crippen LogP contribution in [0.3, 0.4) is 0 Å². The monoisotopic (exact) mass is 561 g/mol. The molecular weight excluding hydrogens is 530 g/mol. The van der Waals surface area contributed by atoms with Crippen LogP contribution in [0.1, 0.15) is 37.0 Å². The Morgan fingerprint density at radius 2 is 1.43 bits per heavy atom. The summed E-state index contributed by atoms with van der Waals surface area (Å²) in [5.41, 5.74) is 0.750. The number of fused-ring (bicyclic) bond motifs is 2. The zero-order valence-electron chi connectivity index (χ0n) is 22.7. The van der Waals surface area contributed by atoms with E-state index in [0.717, 1.165) is 10.5 Å². The highest BCUT2D eigenvalue weighted by Crippen LogP contribution is 2.50. The first-order chi connectivity index (χ1) is 19.2. The summed E-state index contributed by atoms with van der Waals surface area (Å²) in [5.74, 6) is -0.974. The number of sulfonamides is 1. The van der Waals surface area contributed by atoms with Gasteiger partial charge in [0, 0.05) is 24.3 Å². The largest absolute Gasteiger partial charge is 0.497 e. The van der Waals surface area contributed by atoms with Crippen LogP contribution in [-0.2, 0) is 42.9 Å². The number of likely N-dealkylation sites (tertiary alicyclic amines) is 1. The molecule has 3 aromatic rings. The third kappa shape index (κ3) is 4.37. The average Bonchev–Trinajstić information content (AvgIpc) is 3.34. The lowest BCUT2D eigenvalue weighted by Crippen LogP contribution is -2.46. The van der Waals surface area contributed by atoms with Gasteiger partial charge in [-0.1, -0.05) is 56.3 Å². The minimum atomic E-state index is -3.62. The summed E-state index contributed by atoms with van der Waals surface area (Å²) in [7, 11) is -2.12. The molecule has 5 rings (SSSR count). The van der Waals surface area contributed by atoms with E-state index in [2.05, 4.69) is 0 Å². The number of anilines is 1. The summed E-state index contributed by atoms with van der Waals surface area (Å²) >= 11 is 0. The number of hydrogen-bond acceptors (Lipinski definition) is 6. The van der Waals surface area contributed by atoms with Crippen molar-refractivity contribution >= 4 is 33.4 Å². The maximum Gasteiger partial charge on any atom is 0.250 e. The molecule has 0 radical (unpaired) electrons. The number of benzene rings is 3. The van der Waals surface area contributed by atoms with E-state index in [-0.39, 0.29) is 24.4 Å². The number of carbonyl (C=O) groups excluding carboxylic acids is 3. The molecule has 2 heterocycles. The van der Waals surface area contributed by atoms with E-state index >= 15 is 0 Å². The number of carbonyl (C=O) groups is 3. The molecule has 3 amide bonds. The quantitative estimate of drug-likeness (QED) is 0.293. The highest BCUT2D eigenvalue weighted by atomic mass is 32.2. The highest BCUT2D eigenvalue weighted by molar-refractivity contribution is 7.89. The Morgan fingerprint density at radius 3 is 2.05 bits per heavy atom. The second kappa shape index (κ2) is 10.5. The molecule has 3 aromatic carbocycles. The predicted molar refractivity (Wildman–Crippen MR) is 149 cm³/mol. The maximum atomic E-state index is 14.1. The molecule has 40 heavy (non-hydrogen) atoms. The molecule has 1 spiro atoms. The molecule has 1 saturated heterocycles. The van der Waals surface area contributed by atoms with Crippen molar-refractivity contribution in [1.82, 2.24) is 9.21 Å². The Kier molecular flexibility index (Phi) is 7.24. The van der Waals surface area contributed by atoms with Crippen LogP contribution in [0.15, 0.2) is 77.7 Å². The Labute approximate surface area is 234 Å². The zero-order chi connectivity index (χ0) is 28.7. The van der Waals surface area contributed by atoms with Crippen molar-refractivity contribution in [3.05, 3.63) is 89.5 Å². The van der Waals surface area contributed by atoms with E-state index < -0.39 is 33.2 Å². The van der Waals surface area contributed by atoms with Crippen molar-refractivity contribution in [3.8, 4) is 5.75 Å². The van der Waals surface area contributed by atoms with Gasteiger partial charge >= 0.3 is 0 Å². The molecule has 0 N–H and O–H groups in total. The third-order valence-corrected chi connectivity index (χ3v) is 9.75. The van der Waals surface area contributed by atoms with Gasteiger partial charge in [0.1, 0.15) is 5.75 Å². The third-order valence-electron chi connectivity index (χ3n) is 7.68. The van der Waals surface area contributed by atoms with Crippen molar-refractivity contribution < 1.29 is 27.5 Å². The maximum absolute atomic E-state index is 14.1. The van der Waals surface area contributed by atoms with Crippen LogP contribution < -0.4 is 9.64 Å². The van der Waals surface area contributed by atoms with Gasteiger partial charge in [-0.3, -0.25) is 19.3 Å². The summed E-state index contributed by atoms with van der Waals surface area (Å²) in [5, 5.41) is 0. The van der Waals surface area contributed by atoms with Gasteiger partial charge in [-0.2, -0.15) is 4.31 Å². The van der Waals surface area contributed by atoms with Gasteiger partial charge in [0.2, 0.25) is 27.7 Å². The van der Waals surface area contributed by atoms with Gasteiger partial charge in [0.25, 0.3) is 0 Å². The minimum absolute atomic E-state index is 0.0787. The van der Waals surface area contributed by atoms with E-state index in [0.29, 0.717) is 35.7 Å². The van der Waals surface area contributed by atoms with Crippen LogP contribution in [-0.4, -0.2) is 55.5 Å². The number of methoxy groups -OCH3 is 1. The van der Waals surface area contributed by atoms with E-state index in [9.17, 15) is 22.8 Å². The Bertz CT molecular complexity index is 1570. The van der Waals surface area contributed by atoms with Crippen LogP contribution in [0.5, 0.6) is 5.75 Å². The zero-order valence-corrected chi connectivity index (χ0v) is 23.5. The van der Waals surface area contributed by atoms with Crippen molar-refractivity contribution in [3.63, 3.8) is 0 Å². The summed E-state index contributed by atoms with van der Waals surface area (Å²) in [4.78, 5) is 44.1.